The number of hydrogen-bond donors (Lipinski definition) is 0. The number of rotatable bonds is 4. The summed E-state index contributed by atoms with van der Waals surface area (Å²) in [5.41, 5.74) is 1.36. The molecule has 11 heteroatoms. The van der Waals surface area contributed by atoms with Gasteiger partial charge in [-0.1, -0.05) is 18.2 Å². The second kappa shape index (κ2) is 6.87. The molecular formula is C18H17N7O3S. The highest BCUT2D eigenvalue weighted by Crippen LogP contribution is 2.32. The predicted octanol–water partition coefficient (Wildman–Crippen LogP) is 0.908. The Labute approximate surface area is 166 Å². The maximum atomic E-state index is 12.7. The molecule has 4 aromatic rings. The lowest BCUT2D eigenvalue weighted by molar-refractivity contribution is 0.504. The van der Waals surface area contributed by atoms with Crippen LogP contribution < -0.4 is 5.56 Å². The van der Waals surface area contributed by atoms with E-state index in [1.807, 2.05) is 0 Å². The van der Waals surface area contributed by atoms with Crippen molar-refractivity contribution in [3.05, 3.63) is 59.4 Å². The van der Waals surface area contributed by atoms with Crippen LogP contribution in [0.3, 0.4) is 0 Å². The molecule has 29 heavy (non-hydrogen) atoms. The molecule has 0 spiro atoms. The second-order valence-electron chi connectivity index (χ2n) is 6.47. The van der Waals surface area contributed by atoms with E-state index < -0.39 is 10.2 Å². The first-order chi connectivity index (χ1) is 13.8. The van der Waals surface area contributed by atoms with Gasteiger partial charge in [-0.2, -0.15) is 27.0 Å². The van der Waals surface area contributed by atoms with Gasteiger partial charge in [-0.25, -0.2) is 14.6 Å². The van der Waals surface area contributed by atoms with Gasteiger partial charge in [-0.3, -0.25) is 4.79 Å². The highest BCUT2D eigenvalue weighted by molar-refractivity contribution is 7.87. The molecule has 0 saturated carbocycles. The third-order valence-electron chi connectivity index (χ3n) is 4.43. The van der Waals surface area contributed by atoms with Crippen LogP contribution in [-0.4, -0.2) is 55.8 Å². The molecule has 10 nitrogen and oxygen atoms in total. The summed E-state index contributed by atoms with van der Waals surface area (Å²) in [7, 11) is 0.513. The van der Waals surface area contributed by atoms with E-state index in [1.54, 1.807) is 37.4 Å². The first kappa shape index (κ1) is 18.9. The van der Waals surface area contributed by atoms with Gasteiger partial charge in [0.2, 0.25) is 0 Å². The lowest BCUT2D eigenvalue weighted by atomic mass is 10.0. The van der Waals surface area contributed by atoms with Gasteiger partial charge >= 0.3 is 10.2 Å². The van der Waals surface area contributed by atoms with Gasteiger partial charge in [0.05, 0.1) is 22.8 Å². The number of hydrogen-bond acceptors (Lipinski definition) is 7. The Balaban J connectivity index is 2.10. The van der Waals surface area contributed by atoms with E-state index in [9.17, 15) is 13.2 Å². The molecule has 4 rings (SSSR count). The Morgan fingerprint density at radius 2 is 1.72 bits per heavy atom. The molecular weight excluding hydrogens is 394 g/mol. The van der Waals surface area contributed by atoms with E-state index in [0.717, 1.165) is 8.39 Å². The Morgan fingerprint density at radius 1 is 1.00 bits per heavy atom. The van der Waals surface area contributed by atoms with Gasteiger partial charge < -0.3 is 0 Å². The summed E-state index contributed by atoms with van der Waals surface area (Å²) in [6.07, 6.45) is 4.27. The van der Waals surface area contributed by atoms with E-state index in [0.29, 0.717) is 33.4 Å². The van der Waals surface area contributed by atoms with Crippen molar-refractivity contribution in [3.63, 3.8) is 0 Å². The zero-order chi connectivity index (χ0) is 20.8. The van der Waals surface area contributed by atoms with Gasteiger partial charge in [-0.15, -0.1) is 0 Å². The Kier molecular flexibility index (Phi) is 4.47. The monoisotopic (exact) mass is 411 g/mol. The average molecular weight is 411 g/mol. The molecule has 0 N–H and O–H groups in total. The predicted molar refractivity (Wildman–Crippen MR) is 107 cm³/mol. The van der Waals surface area contributed by atoms with E-state index >= 15 is 0 Å². The summed E-state index contributed by atoms with van der Waals surface area (Å²) >= 11 is 0. The lowest BCUT2D eigenvalue weighted by Gasteiger charge is -2.10. The topological polar surface area (TPSA) is 116 Å². The van der Waals surface area contributed by atoms with Gasteiger partial charge in [-0.05, 0) is 12.1 Å². The van der Waals surface area contributed by atoms with Crippen LogP contribution in [0.1, 0.15) is 0 Å². The highest BCUT2D eigenvalue weighted by Gasteiger charge is 2.25. The normalized spacial score (nSPS) is 12.0. The molecule has 0 amide bonds. The molecule has 0 bridgehead atoms. The molecule has 148 valence electrons. The number of fused-ring (bicyclic) bond motifs is 1. The molecule has 0 aliphatic rings. The first-order valence-electron chi connectivity index (χ1n) is 8.56. The van der Waals surface area contributed by atoms with Crippen molar-refractivity contribution in [2.45, 2.75) is 0 Å². The van der Waals surface area contributed by atoms with E-state index in [-0.39, 0.29) is 5.56 Å². The molecule has 0 fully saturated rings. The SMILES string of the molecule is CN(C)S(=O)(=O)n1cc(-c2nn(C)c(=O)c3ccccc23)c(-c2ccncn2)n1. The van der Waals surface area contributed by atoms with Gasteiger partial charge in [0.15, 0.2) is 0 Å². The molecule has 3 heterocycles. The third kappa shape index (κ3) is 3.09. The van der Waals surface area contributed by atoms with E-state index in [4.69, 9.17) is 0 Å². The van der Waals surface area contributed by atoms with Crippen molar-refractivity contribution in [3.8, 4) is 22.6 Å². The maximum absolute atomic E-state index is 12.7. The van der Waals surface area contributed by atoms with E-state index in [2.05, 4.69) is 20.2 Å². The Morgan fingerprint density at radius 3 is 2.38 bits per heavy atom. The smallest absolute Gasteiger partial charge is 0.267 e. The number of aromatic nitrogens is 6. The summed E-state index contributed by atoms with van der Waals surface area (Å²) < 4.78 is 28.5. The van der Waals surface area contributed by atoms with Gasteiger partial charge in [0.25, 0.3) is 5.56 Å². The van der Waals surface area contributed by atoms with Crippen molar-refractivity contribution in [1.29, 1.82) is 0 Å². The summed E-state index contributed by atoms with van der Waals surface area (Å²) in [6.45, 7) is 0. The number of benzene rings is 1. The van der Waals surface area contributed by atoms with Crippen LogP contribution in [0.4, 0.5) is 0 Å². The Bertz CT molecular complexity index is 1380. The molecule has 1 aromatic carbocycles. The van der Waals surface area contributed by atoms with Crippen LogP contribution in [0, 0.1) is 0 Å². The highest BCUT2D eigenvalue weighted by atomic mass is 32.2. The minimum absolute atomic E-state index is 0.249. The minimum atomic E-state index is -3.87. The van der Waals surface area contributed by atoms with Crippen molar-refractivity contribution in [2.24, 2.45) is 7.05 Å². The zero-order valence-electron chi connectivity index (χ0n) is 15.9. The third-order valence-corrected chi connectivity index (χ3v) is 6.01. The molecule has 0 saturated heterocycles. The molecule has 3 aromatic heterocycles. The minimum Gasteiger partial charge on any atom is -0.267 e. The van der Waals surface area contributed by atoms with Crippen LogP contribution in [0.5, 0.6) is 0 Å². The molecule has 0 unspecified atom stereocenters. The second-order valence-corrected chi connectivity index (χ2v) is 8.47. The van der Waals surface area contributed by atoms with Crippen LogP contribution in [0.15, 0.2) is 53.8 Å². The zero-order valence-corrected chi connectivity index (χ0v) is 16.7. The fourth-order valence-corrected chi connectivity index (χ4v) is 3.69. The van der Waals surface area contributed by atoms with Crippen molar-refractivity contribution in [1.82, 2.24) is 33.2 Å². The van der Waals surface area contributed by atoms with Crippen LogP contribution in [-0.2, 0) is 17.3 Å². The molecule has 0 atom stereocenters. The quantitative estimate of drug-likeness (QED) is 0.490. The van der Waals surface area contributed by atoms with Gasteiger partial charge in [0, 0.05) is 32.7 Å². The fraction of sp³-hybridized carbons (Fsp3) is 0.167. The summed E-state index contributed by atoms with van der Waals surface area (Å²) in [4.78, 5) is 20.6. The van der Waals surface area contributed by atoms with E-state index in [1.165, 1.54) is 37.5 Å². The largest absolute Gasteiger partial charge is 0.322 e. The van der Waals surface area contributed by atoms with Crippen LogP contribution in [0.25, 0.3) is 33.4 Å². The number of nitrogens with zero attached hydrogens (tertiary/aromatic N) is 7. The van der Waals surface area contributed by atoms with Crippen molar-refractivity contribution < 1.29 is 8.42 Å². The van der Waals surface area contributed by atoms with Gasteiger partial charge in [0.1, 0.15) is 17.7 Å². The maximum Gasteiger partial charge on any atom is 0.322 e. The average Bonchev–Trinajstić information content (AvgIpc) is 3.17. The fourth-order valence-electron chi connectivity index (χ4n) is 2.93. The van der Waals surface area contributed by atoms with Crippen LogP contribution >= 0.6 is 0 Å². The van der Waals surface area contributed by atoms with Crippen LogP contribution in [0.2, 0.25) is 0 Å². The summed E-state index contributed by atoms with van der Waals surface area (Å²) in [5, 5.41) is 9.73. The van der Waals surface area contributed by atoms with Crippen molar-refractivity contribution >= 4 is 21.0 Å². The molecule has 0 aliphatic carbocycles. The van der Waals surface area contributed by atoms with Crippen molar-refractivity contribution in [2.75, 3.05) is 14.1 Å². The summed E-state index contributed by atoms with van der Waals surface area (Å²) in [5.74, 6) is 0. The number of aryl methyl sites for hydroxylation is 1. The molecule has 0 radical (unpaired) electrons. The lowest BCUT2D eigenvalue weighted by Crippen LogP contribution is -2.29. The summed E-state index contributed by atoms with van der Waals surface area (Å²) in [6, 6.07) is 8.65. The molecule has 0 aliphatic heterocycles. The standard InChI is InChI=1S/C18H17N7O3S/c1-23(2)29(27,28)25-10-14(17(22-25)15-8-9-19-11-20-15)16-12-6-4-5-7-13(12)18(26)24(3)21-16/h4-11H,1-3H3. The Hall–Kier alpha value is -3.44. The first-order valence-corrected chi connectivity index (χ1v) is 9.96.